The number of carbonyl (C=O) groups is 1. The maximum atomic E-state index is 13.2. The van der Waals surface area contributed by atoms with Gasteiger partial charge in [-0.1, -0.05) is 31.2 Å². The number of hydrogen-bond donors (Lipinski definition) is 0. The largest absolute Gasteiger partial charge is 0.456 e. The fraction of sp³-hybridized carbons (Fsp3) is 0.238. The molecule has 0 saturated heterocycles. The number of sulfonamides is 1. The Morgan fingerprint density at radius 3 is 2.83 bits per heavy atom. The lowest BCUT2D eigenvalue weighted by atomic mass is 10.2. The van der Waals surface area contributed by atoms with E-state index in [4.69, 9.17) is 4.74 Å². The molecular weight excluding hydrogens is 408 g/mol. The maximum Gasteiger partial charge on any atom is 0.338 e. The van der Waals surface area contributed by atoms with Crippen molar-refractivity contribution in [3.8, 4) is 0 Å². The quantitative estimate of drug-likeness (QED) is 0.558. The third-order valence-electron chi connectivity index (χ3n) is 4.76. The first-order chi connectivity index (χ1) is 14.0. The van der Waals surface area contributed by atoms with Crippen LogP contribution in [0.4, 0.5) is 5.69 Å². The molecule has 0 atom stereocenters. The Hall–Kier alpha value is -2.71. The van der Waals surface area contributed by atoms with Gasteiger partial charge in [0.05, 0.1) is 26.8 Å². The summed E-state index contributed by atoms with van der Waals surface area (Å²) in [5.41, 5.74) is 2.58. The Labute approximate surface area is 173 Å². The zero-order chi connectivity index (χ0) is 20.4. The summed E-state index contributed by atoms with van der Waals surface area (Å²) in [6.07, 6.45) is 1.50. The number of aryl methyl sites for hydroxylation is 1. The monoisotopic (exact) mass is 428 g/mol. The van der Waals surface area contributed by atoms with E-state index in [1.54, 1.807) is 18.2 Å². The molecule has 0 bridgehead atoms. The van der Waals surface area contributed by atoms with Crippen LogP contribution >= 0.6 is 11.3 Å². The van der Waals surface area contributed by atoms with Crippen LogP contribution in [-0.4, -0.2) is 25.9 Å². The first kappa shape index (κ1) is 19.6. The molecule has 0 radical (unpaired) electrons. The second kappa shape index (κ2) is 7.96. The van der Waals surface area contributed by atoms with Gasteiger partial charge in [0.2, 0.25) is 0 Å². The summed E-state index contributed by atoms with van der Waals surface area (Å²) < 4.78 is 33.0. The van der Waals surface area contributed by atoms with E-state index < -0.39 is 16.0 Å². The summed E-state index contributed by atoms with van der Waals surface area (Å²) in [6.45, 7) is 2.46. The molecule has 0 amide bonds. The molecule has 0 aliphatic carbocycles. The number of rotatable bonds is 6. The molecule has 1 aliphatic rings. The van der Waals surface area contributed by atoms with Crippen molar-refractivity contribution in [2.24, 2.45) is 0 Å². The van der Waals surface area contributed by atoms with E-state index in [1.807, 2.05) is 30.5 Å². The molecule has 2 heterocycles. The molecule has 0 unspecified atom stereocenters. The Morgan fingerprint density at radius 2 is 2.03 bits per heavy atom. The van der Waals surface area contributed by atoms with Crippen molar-refractivity contribution in [2.75, 3.05) is 10.8 Å². The number of carbonyl (C=O) groups excluding carboxylic acids is 1. The van der Waals surface area contributed by atoms with Crippen molar-refractivity contribution in [1.82, 2.24) is 4.98 Å². The number of fused-ring (bicyclic) bond motifs is 1. The average molecular weight is 429 g/mol. The lowest BCUT2D eigenvalue weighted by molar-refractivity contribution is 0.0468. The number of thiazole rings is 1. The number of hydrogen-bond acceptors (Lipinski definition) is 6. The van der Waals surface area contributed by atoms with Gasteiger partial charge in [-0.3, -0.25) is 4.31 Å². The van der Waals surface area contributed by atoms with Crippen molar-refractivity contribution >= 4 is 33.0 Å². The predicted molar refractivity (Wildman–Crippen MR) is 112 cm³/mol. The van der Waals surface area contributed by atoms with Crippen molar-refractivity contribution in [3.05, 3.63) is 75.7 Å². The van der Waals surface area contributed by atoms with Crippen molar-refractivity contribution < 1.29 is 17.9 Å². The first-order valence-electron chi connectivity index (χ1n) is 9.30. The molecule has 2 aromatic carbocycles. The predicted octanol–water partition coefficient (Wildman–Crippen LogP) is 3.81. The van der Waals surface area contributed by atoms with Gasteiger partial charge in [-0.05, 0) is 42.7 Å². The maximum absolute atomic E-state index is 13.2. The zero-order valence-corrected chi connectivity index (χ0v) is 17.5. The Bertz CT molecular complexity index is 1150. The molecule has 0 N–H and O–H groups in total. The summed E-state index contributed by atoms with van der Waals surface area (Å²) >= 11 is 1.52. The van der Waals surface area contributed by atoms with Crippen LogP contribution in [0, 0.1) is 0 Å². The number of nitrogens with zero attached hydrogens (tertiary/aromatic N) is 2. The van der Waals surface area contributed by atoms with Crippen LogP contribution in [0.2, 0.25) is 0 Å². The van der Waals surface area contributed by atoms with E-state index in [0.717, 1.165) is 17.0 Å². The summed E-state index contributed by atoms with van der Waals surface area (Å²) in [6, 6.07) is 13.4. The standard InChI is InChI=1S/C21H20N2O4S2/c1-2-20-22-17(14-28-20)13-27-21(24)16-7-5-8-18(12-16)29(25,26)23-11-10-15-6-3-4-9-19(15)23/h3-9,12,14H,2,10-11,13H2,1H3. The number of anilines is 1. The van der Waals surface area contributed by atoms with Gasteiger partial charge in [-0.15, -0.1) is 11.3 Å². The van der Waals surface area contributed by atoms with Gasteiger partial charge in [-0.25, -0.2) is 18.2 Å². The van der Waals surface area contributed by atoms with E-state index in [2.05, 4.69) is 4.98 Å². The summed E-state index contributed by atoms with van der Waals surface area (Å²) in [5.74, 6) is -0.574. The minimum absolute atomic E-state index is 0.0613. The molecule has 0 spiro atoms. The van der Waals surface area contributed by atoms with Crippen molar-refractivity contribution in [1.29, 1.82) is 0 Å². The highest BCUT2D eigenvalue weighted by Gasteiger charge is 2.31. The van der Waals surface area contributed by atoms with Crippen LogP contribution in [0.1, 0.15) is 33.5 Å². The molecule has 150 valence electrons. The topological polar surface area (TPSA) is 76.6 Å². The van der Waals surface area contributed by atoms with Crippen LogP contribution < -0.4 is 4.31 Å². The molecule has 29 heavy (non-hydrogen) atoms. The van der Waals surface area contributed by atoms with Crippen LogP contribution in [0.3, 0.4) is 0 Å². The van der Waals surface area contributed by atoms with E-state index in [9.17, 15) is 13.2 Å². The fourth-order valence-electron chi connectivity index (χ4n) is 3.27. The molecule has 1 aliphatic heterocycles. The van der Waals surface area contributed by atoms with Gasteiger partial charge in [0.15, 0.2) is 0 Å². The minimum atomic E-state index is -3.76. The third kappa shape index (κ3) is 3.90. The highest BCUT2D eigenvalue weighted by molar-refractivity contribution is 7.92. The van der Waals surface area contributed by atoms with E-state index >= 15 is 0 Å². The molecule has 8 heteroatoms. The average Bonchev–Trinajstić information content (AvgIpc) is 3.39. The van der Waals surface area contributed by atoms with E-state index in [1.165, 1.54) is 27.8 Å². The molecule has 3 aromatic rings. The fourth-order valence-corrected chi connectivity index (χ4v) is 5.55. The van der Waals surface area contributed by atoms with Gasteiger partial charge in [0, 0.05) is 11.9 Å². The molecule has 0 saturated carbocycles. The lowest BCUT2D eigenvalue weighted by Gasteiger charge is -2.19. The minimum Gasteiger partial charge on any atom is -0.456 e. The highest BCUT2D eigenvalue weighted by atomic mass is 32.2. The Balaban J connectivity index is 1.53. The van der Waals surface area contributed by atoms with Gasteiger partial charge in [0.25, 0.3) is 10.0 Å². The second-order valence-corrected chi connectivity index (χ2v) is 9.45. The van der Waals surface area contributed by atoms with Crippen molar-refractivity contribution in [3.63, 3.8) is 0 Å². The summed E-state index contributed by atoms with van der Waals surface area (Å²) in [5, 5.41) is 2.84. The Kier molecular flexibility index (Phi) is 5.38. The summed E-state index contributed by atoms with van der Waals surface area (Å²) in [7, 11) is -3.76. The number of aromatic nitrogens is 1. The SMILES string of the molecule is CCc1nc(COC(=O)c2cccc(S(=O)(=O)N3CCc4ccccc43)c2)cs1. The normalized spacial score (nSPS) is 13.3. The zero-order valence-electron chi connectivity index (χ0n) is 15.9. The van der Waals surface area contributed by atoms with E-state index in [-0.39, 0.29) is 17.1 Å². The third-order valence-corrected chi connectivity index (χ3v) is 7.61. The number of para-hydroxylation sites is 1. The Morgan fingerprint density at radius 1 is 1.21 bits per heavy atom. The number of ether oxygens (including phenoxy) is 1. The molecule has 1 aromatic heterocycles. The van der Waals surface area contributed by atoms with Crippen LogP contribution in [-0.2, 0) is 34.2 Å². The highest BCUT2D eigenvalue weighted by Crippen LogP contribution is 2.32. The smallest absolute Gasteiger partial charge is 0.338 e. The number of benzene rings is 2. The molecule has 0 fully saturated rings. The van der Waals surface area contributed by atoms with E-state index in [0.29, 0.717) is 24.3 Å². The molecular formula is C21H20N2O4S2. The van der Waals surface area contributed by atoms with Crippen LogP contribution in [0.5, 0.6) is 0 Å². The molecule has 4 rings (SSSR count). The van der Waals surface area contributed by atoms with Gasteiger partial charge < -0.3 is 4.74 Å². The summed E-state index contributed by atoms with van der Waals surface area (Å²) in [4.78, 5) is 16.9. The van der Waals surface area contributed by atoms with Gasteiger partial charge in [-0.2, -0.15) is 0 Å². The number of esters is 1. The second-order valence-electron chi connectivity index (χ2n) is 6.65. The lowest BCUT2D eigenvalue weighted by Crippen LogP contribution is -2.29. The molecule has 6 nitrogen and oxygen atoms in total. The van der Waals surface area contributed by atoms with Crippen LogP contribution in [0.15, 0.2) is 58.8 Å². The van der Waals surface area contributed by atoms with Crippen molar-refractivity contribution in [2.45, 2.75) is 31.3 Å². The van der Waals surface area contributed by atoms with Crippen LogP contribution in [0.25, 0.3) is 0 Å². The first-order valence-corrected chi connectivity index (χ1v) is 11.6. The van der Waals surface area contributed by atoms with Gasteiger partial charge in [0.1, 0.15) is 6.61 Å². The van der Waals surface area contributed by atoms with Gasteiger partial charge >= 0.3 is 5.97 Å².